The lowest BCUT2D eigenvalue weighted by atomic mass is 10.0. The van der Waals surface area contributed by atoms with Crippen LogP contribution in [0, 0.1) is 0 Å². The molecule has 2 unspecified atom stereocenters. The quantitative estimate of drug-likeness (QED) is 0.692. The Labute approximate surface area is 101 Å². The second-order valence-corrected chi connectivity index (χ2v) is 4.75. The molecule has 0 bridgehead atoms. The van der Waals surface area contributed by atoms with Gasteiger partial charge in [0.2, 0.25) is 5.91 Å². The van der Waals surface area contributed by atoms with Crippen molar-refractivity contribution in [1.82, 2.24) is 10.2 Å². The Bertz CT molecular complexity index is 192. The van der Waals surface area contributed by atoms with Gasteiger partial charge < -0.3 is 10.2 Å². The fourth-order valence-electron chi connectivity index (χ4n) is 1.92. The zero-order chi connectivity index (χ0) is 12.6. The van der Waals surface area contributed by atoms with Gasteiger partial charge in [-0.3, -0.25) is 4.79 Å². The second kappa shape index (κ2) is 8.57. The van der Waals surface area contributed by atoms with Crippen molar-refractivity contribution in [3.05, 3.63) is 0 Å². The van der Waals surface area contributed by atoms with Gasteiger partial charge in [-0.2, -0.15) is 0 Å². The minimum absolute atomic E-state index is 0.0663. The SMILES string of the molecule is CCCCC(CCC)NC(C)C(=O)N(C)C. The Kier molecular flexibility index (Phi) is 8.26. The molecular formula is C13H28N2O. The molecule has 0 radical (unpaired) electrons. The van der Waals surface area contributed by atoms with Gasteiger partial charge in [-0.15, -0.1) is 0 Å². The third-order valence-electron chi connectivity index (χ3n) is 2.84. The number of rotatable bonds is 8. The molecule has 96 valence electrons. The van der Waals surface area contributed by atoms with Crippen LogP contribution < -0.4 is 5.32 Å². The standard InChI is InChI=1S/C13H28N2O/c1-6-8-10-12(9-7-2)14-11(3)13(16)15(4)5/h11-12,14H,6-10H2,1-5H3. The van der Waals surface area contributed by atoms with Crippen LogP contribution in [0.3, 0.4) is 0 Å². The number of amides is 1. The summed E-state index contributed by atoms with van der Waals surface area (Å²) in [5.41, 5.74) is 0. The average Bonchev–Trinajstić information content (AvgIpc) is 2.24. The van der Waals surface area contributed by atoms with E-state index in [0.717, 1.165) is 6.42 Å². The predicted octanol–water partition coefficient (Wildman–Crippen LogP) is 2.41. The van der Waals surface area contributed by atoms with Crippen molar-refractivity contribution in [2.45, 2.75) is 65.0 Å². The summed E-state index contributed by atoms with van der Waals surface area (Å²) >= 11 is 0. The van der Waals surface area contributed by atoms with Gasteiger partial charge in [0.1, 0.15) is 0 Å². The van der Waals surface area contributed by atoms with Gasteiger partial charge in [-0.25, -0.2) is 0 Å². The van der Waals surface area contributed by atoms with Crippen LogP contribution in [0.1, 0.15) is 52.9 Å². The van der Waals surface area contributed by atoms with Crippen LogP contribution >= 0.6 is 0 Å². The highest BCUT2D eigenvalue weighted by Gasteiger charge is 2.18. The molecule has 0 aliphatic carbocycles. The summed E-state index contributed by atoms with van der Waals surface area (Å²) in [5, 5.41) is 3.44. The molecular weight excluding hydrogens is 200 g/mol. The smallest absolute Gasteiger partial charge is 0.238 e. The molecule has 16 heavy (non-hydrogen) atoms. The van der Waals surface area contributed by atoms with Crippen LogP contribution in [0.25, 0.3) is 0 Å². The van der Waals surface area contributed by atoms with Gasteiger partial charge in [-0.1, -0.05) is 33.1 Å². The van der Waals surface area contributed by atoms with E-state index in [4.69, 9.17) is 0 Å². The molecule has 3 heteroatoms. The average molecular weight is 228 g/mol. The summed E-state index contributed by atoms with van der Waals surface area (Å²) in [4.78, 5) is 13.4. The van der Waals surface area contributed by atoms with E-state index >= 15 is 0 Å². The fourth-order valence-corrected chi connectivity index (χ4v) is 1.92. The lowest BCUT2D eigenvalue weighted by Crippen LogP contribution is -2.46. The van der Waals surface area contributed by atoms with Gasteiger partial charge in [0.15, 0.2) is 0 Å². The number of hydrogen-bond acceptors (Lipinski definition) is 2. The molecule has 0 fully saturated rings. The summed E-state index contributed by atoms with van der Waals surface area (Å²) in [6.07, 6.45) is 5.96. The maximum Gasteiger partial charge on any atom is 0.238 e. The first kappa shape index (κ1) is 15.4. The van der Waals surface area contributed by atoms with Crippen molar-refractivity contribution in [3.63, 3.8) is 0 Å². The van der Waals surface area contributed by atoms with Crippen molar-refractivity contribution < 1.29 is 4.79 Å². The van der Waals surface area contributed by atoms with Gasteiger partial charge in [0.25, 0.3) is 0 Å². The number of carbonyl (C=O) groups excluding carboxylic acids is 1. The molecule has 0 aromatic carbocycles. The van der Waals surface area contributed by atoms with E-state index in [0.29, 0.717) is 6.04 Å². The third-order valence-corrected chi connectivity index (χ3v) is 2.84. The zero-order valence-corrected chi connectivity index (χ0v) is 11.5. The van der Waals surface area contributed by atoms with Crippen LogP contribution in [0.4, 0.5) is 0 Å². The van der Waals surface area contributed by atoms with E-state index in [1.807, 2.05) is 6.92 Å². The van der Waals surface area contributed by atoms with E-state index in [1.54, 1.807) is 19.0 Å². The van der Waals surface area contributed by atoms with Crippen molar-refractivity contribution in [1.29, 1.82) is 0 Å². The highest BCUT2D eigenvalue weighted by molar-refractivity contribution is 5.80. The predicted molar refractivity (Wildman–Crippen MR) is 69.5 cm³/mol. The van der Waals surface area contributed by atoms with E-state index in [2.05, 4.69) is 19.2 Å². The Morgan fingerprint density at radius 3 is 2.25 bits per heavy atom. The van der Waals surface area contributed by atoms with Crippen LogP contribution in [0.15, 0.2) is 0 Å². The zero-order valence-electron chi connectivity index (χ0n) is 11.5. The van der Waals surface area contributed by atoms with Gasteiger partial charge in [0.05, 0.1) is 6.04 Å². The minimum atomic E-state index is -0.0663. The number of nitrogens with zero attached hydrogens (tertiary/aromatic N) is 1. The maximum atomic E-state index is 11.7. The summed E-state index contributed by atoms with van der Waals surface area (Å²) in [5.74, 6) is 0.164. The first-order valence-electron chi connectivity index (χ1n) is 6.50. The summed E-state index contributed by atoms with van der Waals surface area (Å²) in [6.45, 7) is 6.35. The summed E-state index contributed by atoms with van der Waals surface area (Å²) in [7, 11) is 3.61. The fraction of sp³-hybridized carbons (Fsp3) is 0.923. The third kappa shape index (κ3) is 6.11. The van der Waals surface area contributed by atoms with Crippen molar-refractivity contribution in [3.8, 4) is 0 Å². The molecule has 0 aromatic heterocycles. The van der Waals surface area contributed by atoms with Crippen LogP contribution in [-0.4, -0.2) is 37.0 Å². The van der Waals surface area contributed by atoms with Gasteiger partial charge >= 0.3 is 0 Å². The topological polar surface area (TPSA) is 32.3 Å². The normalized spacial score (nSPS) is 14.6. The Morgan fingerprint density at radius 2 is 1.81 bits per heavy atom. The number of hydrogen-bond donors (Lipinski definition) is 1. The maximum absolute atomic E-state index is 11.7. The minimum Gasteiger partial charge on any atom is -0.347 e. The van der Waals surface area contributed by atoms with Crippen LogP contribution in [-0.2, 0) is 4.79 Å². The van der Waals surface area contributed by atoms with Crippen molar-refractivity contribution >= 4 is 5.91 Å². The molecule has 0 rings (SSSR count). The monoisotopic (exact) mass is 228 g/mol. The molecule has 0 heterocycles. The van der Waals surface area contributed by atoms with Crippen molar-refractivity contribution in [2.75, 3.05) is 14.1 Å². The van der Waals surface area contributed by atoms with Crippen LogP contribution in [0.2, 0.25) is 0 Å². The Balaban J connectivity index is 4.10. The number of likely N-dealkylation sites (N-methyl/N-ethyl adjacent to an activating group) is 1. The molecule has 0 aliphatic rings. The summed E-state index contributed by atoms with van der Waals surface area (Å²) in [6, 6.07) is 0.423. The Hall–Kier alpha value is -0.570. The number of unbranched alkanes of at least 4 members (excludes halogenated alkanes) is 1. The molecule has 0 saturated carbocycles. The van der Waals surface area contributed by atoms with Crippen molar-refractivity contribution in [2.24, 2.45) is 0 Å². The summed E-state index contributed by atoms with van der Waals surface area (Å²) < 4.78 is 0. The van der Waals surface area contributed by atoms with E-state index in [-0.39, 0.29) is 11.9 Å². The molecule has 0 saturated heterocycles. The molecule has 3 nitrogen and oxygen atoms in total. The molecule has 1 N–H and O–H groups in total. The van der Waals surface area contributed by atoms with E-state index in [9.17, 15) is 4.79 Å². The lowest BCUT2D eigenvalue weighted by Gasteiger charge is -2.24. The molecule has 0 aromatic rings. The van der Waals surface area contributed by atoms with Gasteiger partial charge in [-0.05, 0) is 19.8 Å². The molecule has 0 spiro atoms. The number of carbonyl (C=O) groups is 1. The highest BCUT2D eigenvalue weighted by Crippen LogP contribution is 2.08. The van der Waals surface area contributed by atoms with Crippen LogP contribution in [0.5, 0.6) is 0 Å². The first-order chi connectivity index (χ1) is 7.52. The highest BCUT2D eigenvalue weighted by atomic mass is 16.2. The largest absolute Gasteiger partial charge is 0.347 e. The Morgan fingerprint density at radius 1 is 1.19 bits per heavy atom. The van der Waals surface area contributed by atoms with Gasteiger partial charge in [0, 0.05) is 20.1 Å². The van der Waals surface area contributed by atoms with E-state index < -0.39 is 0 Å². The first-order valence-corrected chi connectivity index (χ1v) is 6.50. The molecule has 1 amide bonds. The molecule has 2 atom stereocenters. The van der Waals surface area contributed by atoms with E-state index in [1.165, 1.54) is 25.7 Å². The number of nitrogens with one attached hydrogen (secondary N) is 1. The lowest BCUT2D eigenvalue weighted by molar-refractivity contribution is -0.130. The second-order valence-electron chi connectivity index (χ2n) is 4.75. The molecule has 0 aliphatic heterocycles.